The van der Waals surface area contributed by atoms with Crippen LogP contribution in [0.3, 0.4) is 0 Å². The van der Waals surface area contributed by atoms with Crippen molar-refractivity contribution < 1.29 is 27.1 Å². The number of carbonyl (C=O) groups is 2. The van der Waals surface area contributed by atoms with Gasteiger partial charge in [0, 0.05) is 18.7 Å². The summed E-state index contributed by atoms with van der Waals surface area (Å²) >= 11 is 0. The number of rotatable bonds is 5. The zero-order valence-corrected chi connectivity index (χ0v) is 16.0. The maximum Gasteiger partial charge on any atom is 0.314 e. The molecule has 1 aromatic carbocycles. The summed E-state index contributed by atoms with van der Waals surface area (Å²) in [6.07, 6.45) is 0. The maximum absolute atomic E-state index is 13.2. The van der Waals surface area contributed by atoms with Crippen LogP contribution in [-0.2, 0) is 35.7 Å². The van der Waals surface area contributed by atoms with Gasteiger partial charge >= 0.3 is 11.8 Å². The van der Waals surface area contributed by atoms with Crippen molar-refractivity contribution in [1.29, 1.82) is 0 Å². The molecular weight excluding hydrogens is 391 g/mol. The number of halogens is 1. The van der Waals surface area contributed by atoms with Gasteiger partial charge in [-0.1, -0.05) is 0 Å². The van der Waals surface area contributed by atoms with Crippen molar-refractivity contribution in [3.05, 3.63) is 41.3 Å². The predicted molar refractivity (Wildman–Crippen MR) is 98.0 cm³/mol. The summed E-state index contributed by atoms with van der Waals surface area (Å²) in [4.78, 5) is 24.4. The van der Waals surface area contributed by atoms with Gasteiger partial charge in [-0.05, 0) is 31.2 Å². The standard InChI is InChI=1S/C17H19FN4O5S/c1-10(7-27-2)19-16(23)17(24)20-15-13-8-28(25,26)9-14(13)21-22(15)12-5-3-11(18)4-6-12/h3-6,10H,7-9H2,1-2H3,(H,19,23)(H,20,24). The largest absolute Gasteiger partial charge is 0.383 e. The van der Waals surface area contributed by atoms with Gasteiger partial charge in [0.25, 0.3) is 0 Å². The molecule has 0 bridgehead atoms. The van der Waals surface area contributed by atoms with Gasteiger partial charge in [-0.2, -0.15) is 5.10 Å². The first-order chi connectivity index (χ1) is 13.2. The topological polar surface area (TPSA) is 119 Å². The molecule has 11 heteroatoms. The average molecular weight is 410 g/mol. The van der Waals surface area contributed by atoms with E-state index in [1.807, 2.05) is 0 Å². The highest BCUT2D eigenvalue weighted by molar-refractivity contribution is 7.90. The van der Waals surface area contributed by atoms with Crippen LogP contribution < -0.4 is 10.6 Å². The van der Waals surface area contributed by atoms with Crippen molar-refractivity contribution in [2.45, 2.75) is 24.5 Å². The quantitative estimate of drug-likeness (QED) is 0.694. The number of amides is 2. The van der Waals surface area contributed by atoms with Crippen LogP contribution in [0.1, 0.15) is 18.2 Å². The van der Waals surface area contributed by atoms with E-state index in [4.69, 9.17) is 4.74 Å². The third-order valence-corrected chi connectivity index (χ3v) is 5.53. The summed E-state index contributed by atoms with van der Waals surface area (Å²) in [7, 11) is -1.91. The van der Waals surface area contributed by atoms with Gasteiger partial charge in [-0.15, -0.1) is 0 Å². The molecule has 2 N–H and O–H groups in total. The fourth-order valence-corrected chi connectivity index (χ4v) is 4.38. The van der Waals surface area contributed by atoms with E-state index in [0.717, 1.165) is 0 Å². The highest BCUT2D eigenvalue weighted by Gasteiger charge is 2.34. The second-order valence-corrected chi connectivity index (χ2v) is 8.54. The van der Waals surface area contributed by atoms with Crippen LogP contribution in [0.5, 0.6) is 0 Å². The number of methoxy groups -OCH3 is 1. The maximum atomic E-state index is 13.2. The molecule has 1 aromatic heterocycles. The molecule has 3 rings (SSSR count). The molecule has 2 aromatic rings. The second kappa shape index (κ2) is 7.68. The summed E-state index contributed by atoms with van der Waals surface area (Å²) in [5.74, 6) is -2.83. The van der Waals surface area contributed by atoms with Gasteiger partial charge in [0.15, 0.2) is 9.84 Å². The van der Waals surface area contributed by atoms with E-state index < -0.39 is 33.5 Å². The average Bonchev–Trinajstić information content (AvgIpc) is 3.08. The fraction of sp³-hybridized carbons (Fsp3) is 0.353. The van der Waals surface area contributed by atoms with Gasteiger partial charge in [-0.3, -0.25) is 9.59 Å². The molecule has 0 saturated heterocycles. The van der Waals surface area contributed by atoms with Gasteiger partial charge in [0.05, 0.1) is 29.5 Å². The van der Waals surface area contributed by atoms with E-state index in [9.17, 15) is 22.4 Å². The summed E-state index contributed by atoms with van der Waals surface area (Å²) in [5.41, 5.74) is 1.01. The second-order valence-electron chi connectivity index (χ2n) is 6.48. The number of ether oxygens (including phenoxy) is 1. The van der Waals surface area contributed by atoms with E-state index >= 15 is 0 Å². The first-order valence-electron chi connectivity index (χ1n) is 8.38. The third-order valence-electron chi connectivity index (χ3n) is 4.09. The van der Waals surface area contributed by atoms with Crippen LogP contribution in [0.2, 0.25) is 0 Å². The van der Waals surface area contributed by atoms with Gasteiger partial charge in [0.1, 0.15) is 11.6 Å². The van der Waals surface area contributed by atoms with Crippen LogP contribution in [0, 0.1) is 5.82 Å². The van der Waals surface area contributed by atoms with Gasteiger partial charge in [-0.25, -0.2) is 17.5 Å². The minimum absolute atomic E-state index is 0.0715. The van der Waals surface area contributed by atoms with Crippen LogP contribution in [-0.4, -0.2) is 49.8 Å². The number of hydrogen-bond donors (Lipinski definition) is 2. The van der Waals surface area contributed by atoms with E-state index in [1.165, 1.54) is 36.1 Å². The Morgan fingerprint density at radius 3 is 2.57 bits per heavy atom. The summed E-state index contributed by atoms with van der Waals surface area (Å²) < 4.78 is 43.3. The number of anilines is 1. The summed E-state index contributed by atoms with van der Waals surface area (Å²) in [6, 6.07) is 4.90. The Morgan fingerprint density at radius 1 is 1.25 bits per heavy atom. The number of fused-ring (bicyclic) bond motifs is 1. The van der Waals surface area contributed by atoms with Crippen LogP contribution in [0.15, 0.2) is 24.3 Å². The molecule has 1 aliphatic heterocycles. The summed E-state index contributed by atoms with van der Waals surface area (Å²) in [5, 5.41) is 9.15. The van der Waals surface area contributed by atoms with Crippen molar-refractivity contribution in [2.75, 3.05) is 19.0 Å². The predicted octanol–water partition coefficient (Wildman–Crippen LogP) is 0.529. The Bertz CT molecular complexity index is 1020. The number of aromatic nitrogens is 2. The molecule has 9 nitrogen and oxygen atoms in total. The lowest BCUT2D eigenvalue weighted by atomic mass is 10.2. The molecule has 150 valence electrons. The Balaban J connectivity index is 1.91. The zero-order chi connectivity index (χ0) is 20.5. The Morgan fingerprint density at radius 2 is 1.93 bits per heavy atom. The number of carbonyl (C=O) groups excluding carboxylic acids is 2. The molecule has 0 fully saturated rings. The Hall–Kier alpha value is -2.79. The van der Waals surface area contributed by atoms with E-state index in [2.05, 4.69) is 15.7 Å². The molecule has 1 unspecified atom stereocenters. The van der Waals surface area contributed by atoms with E-state index in [0.29, 0.717) is 11.3 Å². The molecule has 28 heavy (non-hydrogen) atoms. The lowest BCUT2D eigenvalue weighted by molar-refractivity contribution is -0.136. The van der Waals surface area contributed by atoms with Crippen LogP contribution >= 0.6 is 0 Å². The zero-order valence-electron chi connectivity index (χ0n) is 15.2. The van der Waals surface area contributed by atoms with Crippen LogP contribution in [0.25, 0.3) is 5.69 Å². The number of benzene rings is 1. The normalized spacial score (nSPS) is 15.7. The highest BCUT2D eigenvalue weighted by Crippen LogP contribution is 2.32. The number of nitrogens with zero attached hydrogens (tertiary/aromatic N) is 2. The molecule has 0 spiro atoms. The third kappa shape index (κ3) is 4.20. The lowest BCUT2D eigenvalue weighted by Gasteiger charge is -2.14. The summed E-state index contributed by atoms with van der Waals surface area (Å²) in [6.45, 7) is 1.89. The Labute approximate surface area is 160 Å². The smallest absolute Gasteiger partial charge is 0.314 e. The molecule has 2 amide bonds. The van der Waals surface area contributed by atoms with E-state index in [1.54, 1.807) is 6.92 Å². The number of sulfone groups is 1. The minimum atomic E-state index is -3.38. The highest BCUT2D eigenvalue weighted by atomic mass is 32.2. The molecular formula is C17H19FN4O5S. The fourth-order valence-electron chi connectivity index (χ4n) is 2.89. The van der Waals surface area contributed by atoms with Crippen molar-refractivity contribution in [3.63, 3.8) is 0 Å². The first kappa shape index (κ1) is 20.0. The van der Waals surface area contributed by atoms with Gasteiger partial charge in [0.2, 0.25) is 0 Å². The monoisotopic (exact) mass is 410 g/mol. The molecule has 2 heterocycles. The Kier molecular flexibility index (Phi) is 5.47. The van der Waals surface area contributed by atoms with E-state index in [-0.39, 0.29) is 29.6 Å². The molecule has 0 saturated carbocycles. The first-order valence-corrected chi connectivity index (χ1v) is 10.2. The van der Waals surface area contributed by atoms with Crippen molar-refractivity contribution in [3.8, 4) is 5.69 Å². The number of hydrogen-bond acceptors (Lipinski definition) is 6. The van der Waals surface area contributed by atoms with Gasteiger partial charge < -0.3 is 15.4 Å². The molecule has 1 atom stereocenters. The molecule has 1 aliphatic rings. The van der Waals surface area contributed by atoms with Crippen molar-refractivity contribution in [1.82, 2.24) is 15.1 Å². The minimum Gasteiger partial charge on any atom is -0.383 e. The lowest BCUT2D eigenvalue weighted by Crippen LogP contribution is -2.42. The van der Waals surface area contributed by atoms with Crippen molar-refractivity contribution >= 4 is 27.5 Å². The SMILES string of the molecule is COCC(C)NC(=O)C(=O)Nc1c2c(nn1-c1ccc(F)cc1)CS(=O)(=O)C2. The van der Waals surface area contributed by atoms with Crippen LogP contribution in [0.4, 0.5) is 10.2 Å². The molecule has 0 aliphatic carbocycles. The van der Waals surface area contributed by atoms with Crippen molar-refractivity contribution in [2.24, 2.45) is 0 Å². The molecule has 0 radical (unpaired) electrons. The number of nitrogens with one attached hydrogen (secondary N) is 2.